The number of aromatic nitrogens is 3. The summed E-state index contributed by atoms with van der Waals surface area (Å²) in [6.45, 7) is 9.07. The van der Waals surface area contributed by atoms with Gasteiger partial charge in [-0.2, -0.15) is 0 Å². The minimum atomic E-state index is -0.0159. The van der Waals surface area contributed by atoms with Gasteiger partial charge in [0, 0.05) is 55.4 Å². The van der Waals surface area contributed by atoms with Gasteiger partial charge in [0.05, 0.1) is 18.9 Å². The zero-order chi connectivity index (χ0) is 21.4. The SMILES string of the molecule is Cc1c(-c2ccnc(NC3=CCC(N4CCOCC4)C=C3)n2)c(C)n2c1C(=O)NCC2. The van der Waals surface area contributed by atoms with E-state index < -0.39 is 0 Å². The first kappa shape index (κ1) is 20.0. The van der Waals surface area contributed by atoms with Crippen molar-refractivity contribution in [2.45, 2.75) is 32.9 Å². The molecule has 31 heavy (non-hydrogen) atoms. The van der Waals surface area contributed by atoms with Crippen LogP contribution in [0.4, 0.5) is 5.95 Å². The van der Waals surface area contributed by atoms with Crippen LogP contribution in [0.1, 0.15) is 28.2 Å². The molecule has 5 rings (SSSR count). The minimum absolute atomic E-state index is 0.0159. The van der Waals surface area contributed by atoms with E-state index in [1.807, 2.05) is 13.0 Å². The Balaban J connectivity index is 1.35. The normalized spacial score (nSPS) is 21.4. The van der Waals surface area contributed by atoms with Gasteiger partial charge < -0.3 is 19.9 Å². The number of allylic oxidation sites excluding steroid dienone is 1. The van der Waals surface area contributed by atoms with Gasteiger partial charge in [0.15, 0.2) is 0 Å². The molecule has 0 bridgehead atoms. The fourth-order valence-electron chi connectivity index (χ4n) is 4.78. The maximum absolute atomic E-state index is 12.4. The zero-order valence-electron chi connectivity index (χ0n) is 18.0. The molecule has 0 saturated carbocycles. The molecule has 2 N–H and O–H groups in total. The maximum atomic E-state index is 12.4. The number of amides is 1. The Hall–Kier alpha value is -2.97. The predicted octanol–water partition coefficient (Wildman–Crippen LogP) is 2.26. The molecule has 0 aromatic carbocycles. The number of carbonyl (C=O) groups is 1. The molecule has 0 radical (unpaired) electrons. The monoisotopic (exact) mass is 420 g/mol. The third-order valence-electron chi connectivity index (χ3n) is 6.36. The summed E-state index contributed by atoms with van der Waals surface area (Å²) in [4.78, 5) is 24.0. The average molecular weight is 421 g/mol. The van der Waals surface area contributed by atoms with E-state index in [9.17, 15) is 4.79 Å². The van der Waals surface area contributed by atoms with Crippen LogP contribution < -0.4 is 10.6 Å². The van der Waals surface area contributed by atoms with Crippen molar-refractivity contribution in [2.75, 3.05) is 38.2 Å². The van der Waals surface area contributed by atoms with Crippen molar-refractivity contribution in [1.82, 2.24) is 24.8 Å². The number of hydrogen-bond donors (Lipinski definition) is 2. The van der Waals surface area contributed by atoms with Crippen LogP contribution in [-0.4, -0.2) is 64.2 Å². The van der Waals surface area contributed by atoms with E-state index in [1.54, 1.807) is 6.20 Å². The van der Waals surface area contributed by atoms with Gasteiger partial charge in [-0.15, -0.1) is 0 Å². The van der Waals surface area contributed by atoms with Crippen molar-refractivity contribution in [3.63, 3.8) is 0 Å². The number of anilines is 1. The summed E-state index contributed by atoms with van der Waals surface area (Å²) in [6, 6.07) is 2.33. The van der Waals surface area contributed by atoms with E-state index in [-0.39, 0.29) is 5.91 Å². The van der Waals surface area contributed by atoms with Crippen molar-refractivity contribution in [3.05, 3.63) is 53.1 Å². The Morgan fingerprint density at radius 3 is 2.81 bits per heavy atom. The second kappa shape index (κ2) is 8.28. The molecule has 8 heteroatoms. The van der Waals surface area contributed by atoms with Crippen molar-refractivity contribution < 1.29 is 9.53 Å². The van der Waals surface area contributed by atoms with Crippen LogP contribution in [0.3, 0.4) is 0 Å². The summed E-state index contributed by atoms with van der Waals surface area (Å²) in [6.07, 6.45) is 9.28. The highest BCUT2D eigenvalue weighted by molar-refractivity contribution is 5.97. The molecule has 1 aliphatic carbocycles. The largest absolute Gasteiger partial charge is 0.379 e. The first-order valence-corrected chi connectivity index (χ1v) is 10.9. The molecule has 1 saturated heterocycles. The molecule has 2 aromatic rings. The van der Waals surface area contributed by atoms with Crippen molar-refractivity contribution in [3.8, 4) is 11.3 Å². The predicted molar refractivity (Wildman–Crippen MR) is 119 cm³/mol. The quantitative estimate of drug-likeness (QED) is 0.789. The third-order valence-corrected chi connectivity index (χ3v) is 6.36. The molecule has 1 unspecified atom stereocenters. The highest BCUT2D eigenvalue weighted by Gasteiger charge is 2.26. The van der Waals surface area contributed by atoms with Gasteiger partial charge in [-0.3, -0.25) is 9.69 Å². The first-order valence-electron chi connectivity index (χ1n) is 10.9. The molecule has 162 valence electrons. The summed E-state index contributed by atoms with van der Waals surface area (Å²) in [5.41, 5.74) is 5.61. The van der Waals surface area contributed by atoms with Crippen molar-refractivity contribution >= 4 is 11.9 Å². The van der Waals surface area contributed by atoms with Crippen LogP contribution in [-0.2, 0) is 11.3 Å². The molecule has 4 heterocycles. The zero-order valence-corrected chi connectivity index (χ0v) is 18.0. The first-order chi connectivity index (χ1) is 15.1. The van der Waals surface area contributed by atoms with Crippen LogP contribution in [0.2, 0.25) is 0 Å². The van der Waals surface area contributed by atoms with E-state index in [1.165, 1.54) is 0 Å². The molecular formula is C23H28N6O2. The number of hydrogen-bond acceptors (Lipinski definition) is 6. The second-order valence-corrected chi connectivity index (χ2v) is 8.20. The summed E-state index contributed by atoms with van der Waals surface area (Å²) >= 11 is 0. The van der Waals surface area contributed by atoms with Crippen LogP contribution in [0.15, 0.2) is 36.2 Å². The number of rotatable bonds is 4. The van der Waals surface area contributed by atoms with Gasteiger partial charge in [0.1, 0.15) is 5.69 Å². The van der Waals surface area contributed by atoms with E-state index >= 15 is 0 Å². The Kier molecular flexibility index (Phi) is 5.33. The maximum Gasteiger partial charge on any atom is 0.268 e. The summed E-state index contributed by atoms with van der Waals surface area (Å²) in [5.74, 6) is 0.545. The lowest BCUT2D eigenvalue weighted by molar-refractivity contribution is 0.0259. The summed E-state index contributed by atoms with van der Waals surface area (Å²) < 4.78 is 7.55. The smallest absolute Gasteiger partial charge is 0.268 e. The molecule has 3 aliphatic rings. The molecule has 2 aromatic heterocycles. The Morgan fingerprint density at radius 1 is 1.23 bits per heavy atom. The molecule has 1 atom stereocenters. The van der Waals surface area contributed by atoms with Gasteiger partial charge in [-0.05, 0) is 38.0 Å². The number of morpholine rings is 1. The molecule has 0 spiro atoms. The number of carbonyl (C=O) groups excluding carboxylic acids is 1. The van der Waals surface area contributed by atoms with Gasteiger partial charge in [-0.25, -0.2) is 9.97 Å². The Bertz CT molecular complexity index is 1060. The van der Waals surface area contributed by atoms with Crippen LogP contribution >= 0.6 is 0 Å². The standard InChI is InChI=1S/C23H28N6O2/c1-15-20(16(2)29-10-9-24-22(30)21(15)29)19-7-8-25-23(27-19)26-17-3-5-18(6-4-17)28-11-13-31-14-12-28/h3-5,7-8,18H,6,9-14H2,1-2H3,(H,24,30)(H,25,26,27). The summed E-state index contributed by atoms with van der Waals surface area (Å²) in [7, 11) is 0. The molecule has 2 aliphatic heterocycles. The third kappa shape index (κ3) is 3.77. The lowest BCUT2D eigenvalue weighted by Crippen LogP contribution is -2.43. The molecular weight excluding hydrogens is 392 g/mol. The number of fused-ring (bicyclic) bond motifs is 1. The van der Waals surface area contributed by atoms with E-state index in [0.29, 0.717) is 18.5 Å². The van der Waals surface area contributed by atoms with Crippen LogP contribution in [0.25, 0.3) is 11.3 Å². The van der Waals surface area contributed by atoms with E-state index in [2.05, 4.69) is 50.2 Å². The fourth-order valence-corrected chi connectivity index (χ4v) is 4.78. The highest BCUT2D eigenvalue weighted by Crippen LogP contribution is 2.32. The average Bonchev–Trinajstić information content (AvgIpc) is 3.06. The van der Waals surface area contributed by atoms with Gasteiger partial charge in [0.2, 0.25) is 5.95 Å². The topological polar surface area (TPSA) is 84.3 Å². The van der Waals surface area contributed by atoms with E-state index in [0.717, 1.165) is 73.2 Å². The molecule has 8 nitrogen and oxygen atoms in total. The van der Waals surface area contributed by atoms with Crippen molar-refractivity contribution in [2.24, 2.45) is 0 Å². The number of nitrogens with one attached hydrogen (secondary N) is 2. The second-order valence-electron chi connectivity index (χ2n) is 8.20. The lowest BCUT2D eigenvalue weighted by Gasteiger charge is -2.33. The Labute approximate surface area is 182 Å². The van der Waals surface area contributed by atoms with Gasteiger partial charge >= 0.3 is 0 Å². The fraction of sp³-hybridized carbons (Fsp3) is 0.435. The van der Waals surface area contributed by atoms with E-state index in [4.69, 9.17) is 9.72 Å². The molecule has 1 amide bonds. The number of nitrogens with zero attached hydrogens (tertiary/aromatic N) is 4. The number of ether oxygens (including phenoxy) is 1. The van der Waals surface area contributed by atoms with Crippen molar-refractivity contribution in [1.29, 1.82) is 0 Å². The molecule has 1 fully saturated rings. The highest BCUT2D eigenvalue weighted by atomic mass is 16.5. The van der Waals surface area contributed by atoms with Crippen LogP contribution in [0, 0.1) is 13.8 Å². The van der Waals surface area contributed by atoms with Gasteiger partial charge in [-0.1, -0.05) is 12.2 Å². The van der Waals surface area contributed by atoms with Crippen LogP contribution in [0.5, 0.6) is 0 Å². The Morgan fingerprint density at radius 2 is 2.06 bits per heavy atom. The lowest BCUT2D eigenvalue weighted by atomic mass is 10.0. The summed E-state index contributed by atoms with van der Waals surface area (Å²) in [5, 5.41) is 6.28. The minimum Gasteiger partial charge on any atom is -0.379 e. The van der Waals surface area contributed by atoms with Gasteiger partial charge in [0.25, 0.3) is 5.91 Å².